The highest BCUT2D eigenvalue weighted by Crippen LogP contribution is 2.65. The molecule has 0 unspecified atom stereocenters. The maximum Gasteiger partial charge on any atom is 0.315 e. The van der Waals surface area contributed by atoms with Gasteiger partial charge in [0.15, 0.2) is 9.84 Å². The molecule has 5 aliphatic rings. The summed E-state index contributed by atoms with van der Waals surface area (Å²) in [4.78, 5) is 70.3. The lowest BCUT2D eigenvalue weighted by molar-refractivity contribution is -0.144. The normalized spacial score (nSPS) is 30.5. The molecule has 4 N–H and O–H groups in total. The maximum absolute atomic E-state index is 14.5. The SMILES string of the molecule is CC1(C)[C@@H]2[C@H]3C(=O)N[C@@H](C(=O)C(=O)NC4CC4)CCCCCCCCCC[C@@H](NC(=O)NC4(CS(=O)(=O)C(C)(C)C)CCCCC4)C(=O)N3C[C@@H]21. The summed E-state index contributed by atoms with van der Waals surface area (Å²) in [6.45, 7) is 9.56. The number of sulfone groups is 1. The van der Waals surface area contributed by atoms with E-state index in [0.29, 0.717) is 38.6 Å². The van der Waals surface area contributed by atoms with Crippen LogP contribution in [0.1, 0.15) is 144 Å². The minimum Gasteiger partial charge on any atom is -0.347 e. The highest BCUT2D eigenvalue weighted by molar-refractivity contribution is 7.92. The van der Waals surface area contributed by atoms with Gasteiger partial charge in [-0.25, -0.2) is 13.2 Å². The molecule has 5 fully saturated rings. The summed E-state index contributed by atoms with van der Waals surface area (Å²) in [5.74, 6) is -2.26. The molecule has 288 valence electrons. The number of amides is 5. The van der Waals surface area contributed by atoms with E-state index in [0.717, 1.165) is 77.0 Å². The summed E-state index contributed by atoms with van der Waals surface area (Å²) in [6.07, 6.45) is 13.4. The lowest BCUT2D eigenvalue weighted by Crippen LogP contribution is -2.62. The average Bonchev–Trinajstić information content (AvgIpc) is 3.90. The third-order valence-electron chi connectivity index (χ3n) is 12.5. The van der Waals surface area contributed by atoms with E-state index in [4.69, 9.17) is 0 Å². The van der Waals surface area contributed by atoms with E-state index in [9.17, 15) is 32.4 Å². The number of fused-ring (bicyclic) bond motifs is 3. The van der Waals surface area contributed by atoms with Crippen LogP contribution in [-0.4, -0.2) is 89.6 Å². The van der Waals surface area contributed by atoms with Gasteiger partial charge in [0.1, 0.15) is 12.1 Å². The smallest absolute Gasteiger partial charge is 0.315 e. The van der Waals surface area contributed by atoms with Crippen molar-refractivity contribution in [3.8, 4) is 0 Å². The van der Waals surface area contributed by atoms with Gasteiger partial charge in [-0.1, -0.05) is 84.5 Å². The average molecular weight is 734 g/mol. The fourth-order valence-corrected chi connectivity index (χ4v) is 10.3. The number of carbonyl (C=O) groups is 5. The van der Waals surface area contributed by atoms with Crippen molar-refractivity contribution in [2.45, 2.75) is 178 Å². The van der Waals surface area contributed by atoms with Crippen LogP contribution in [0, 0.1) is 17.3 Å². The lowest BCUT2D eigenvalue weighted by Gasteiger charge is -2.40. The van der Waals surface area contributed by atoms with Crippen LogP contribution < -0.4 is 21.3 Å². The molecule has 0 aromatic rings. The Morgan fingerprint density at radius 1 is 0.824 bits per heavy atom. The van der Waals surface area contributed by atoms with Crippen LogP contribution in [0.3, 0.4) is 0 Å². The number of nitrogens with zero attached hydrogens (tertiary/aromatic N) is 1. The molecule has 3 aliphatic carbocycles. The quantitative estimate of drug-likeness (QED) is 0.283. The van der Waals surface area contributed by atoms with Gasteiger partial charge < -0.3 is 26.2 Å². The van der Waals surface area contributed by atoms with E-state index in [1.54, 1.807) is 25.7 Å². The molecule has 51 heavy (non-hydrogen) atoms. The van der Waals surface area contributed by atoms with E-state index in [2.05, 4.69) is 35.1 Å². The molecule has 0 radical (unpaired) electrons. The molecular formula is C38H63N5O7S. The first kappa shape index (κ1) is 39.5. The number of carbonyl (C=O) groups excluding carboxylic acids is 5. The van der Waals surface area contributed by atoms with E-state index >= 15 is 0 Å². The van der Waals surface area contributed by atoms with Gasteiger partial charge >= 0.3 is 6.03 Å². The van der Waals surface area contributed by atoms with Crippen molar-refractivity contribution in [3.63, 3.8) is 0 Å². The zero-order valence-electron chi connectivity index (χ0n) is 31.6. The van der Waals surface area contributed by atoms with Gasteiger partial charge in [-0.15, -0.1) is 0 Å². The van der Waals surface area contributed by atoms with Crippen molar-refractivity contribution < 1.29 is 32.4 Å². The first-order valence-electron chi connectivity index (χ1n) is 19.7. The fourth-order valence-electron chi connectivity index (χ4n) is 8.75. The Bertz CT molecular complexity index is 1430. The van der Waals surface area contributed by atoms with Crippen LogP contribution >= 0.6 is 0 Å². The summed E-state index contributed by atoms with van der Waals surface area (Å²) >= 11 is 0. The molecule has 5 amide bonds. The van der Waals surface area contributed by atoms with Gasteiger partial charge in [-0.05, 0) is 76.5 Å². The molecule has 0 aromatic heterocycles. The molecular weight excluding hydrogens is 671 g/mol. The Morgan fingerprint density at radius 3 is 1.98 bits per heavy atom. The third kappa shape index (κ3) is 9.46. The largest absolute Gasteiger partial charge is 0.347 e. The lowest BCUT2D eigenvalue weighted by atomic mass is 9.83. The molecule has 0 spiro atoms. The van der Waals surface area contributed by atoms with Crippen LogP contribution in [0.2, 0.25) is 0 Å². The van der Waals surface area contributed by atoms with E-state index in [1.165, 1.54) is 0 Å². The second-order valence-corrected chi connectivity index (χ2v) is 20.6. The van der Waals surface area contributed by atoms with Crippen LogP contribution in [0.4, 0.5) is 4.79 Å². The standard InChI is InChI=1S/C38H63N5O7S/c1-36(2,3)51(49,50)24-38(21-15-12-16-22-38)42-35(48)41-28-18-14-11-9-7-6-8-10-13-17-27(31(44)33(46)39-25-19-20-25)40-32(45)30-29-26(37(29,4)5)23-43(30)34(28)47/h25-30H,6-24H2,1-5H3,(H,39,46)(H,40,45)(H2,41,42,48)/t26-,27+,28+,29-,30-/m0/s1. The van der Waals surface area contributed by atoms with Crippen molar-refractivity contribution in [3.05, 3.63) is 0 Å². The monoisotopic (exact) mass is 733 g/mol. The van der Waals surface area contributed by atoms with Crippen LogP contribution in [0.5, 0.6) is 0 Å². The van der Waals surface area contributed by atoms with Crippen LogP contribution in [0.25, 0.3) is 0 Å². The van der Waals surface area contributed by atoms with Gasteiger partial charge in [-0.2, -0.15) is 0 Å². The number of Topliss-reactive ketones (excluding diaryl/α,β-unsaturated/α-hetero) is 1. The Hall–Kier alpha value is -2.70. The first-order valence-corrected chi connectivity index (χ1v) is 21.4. The van der Waals surface area contributed by atoms with Crippen molar-refractivity contribution in [1.29, 1.82) is 0 Å². The predicted molar refractivity (Wildman–Crippen MR) is 195 cm³/mol. The molecule has 2 aliphatic heterocycles. The number of urea groups is 1. The van der Waals surface area contributed by atoms with Crippen molar-refractivity contribution in [2.75, 3.05) is 12.3 Å². The van der Waals surface area contributed by atoms with E-state index in [-0.39, 0.29) is 35.0 Å². The number of piperidine rings is 1. The summed E-state index contributed by atoms with van der Waals surface area (Å²) in [5, 5.41) is 11.7. The number of nitrogens with one attached hydrogen (secondary N) is 4. The number of hydrogen-bond donors (Lipinski definition) is 4. The molecule has 0 aromatic carbocycles. The number of ketones is 1. The Labute approximate surface area is 305 Å². The summed E-state index contributed by atoms with van der Waals surface area (Å²) in [7, 11) is -3.55. The maximum atomic E-state index is 14.5. The Balaban J connectivity index is 1.37. The number of hydrogen-bond acceptors (Lipinski definition) is 7. The van der Waals surface area contributed by atoms with E-state index in [1.807, 2.05) is 0 Å². The second-order valence-electron chi connectivity index (χ2n) is 17.8. The molecule has 13 heteroatoms. The molecule has 0 bridgehead atoms. The minimum atomic E-state index is -3.55. The molecule has 3 saturated carbocycles. The zero-order chi connectivity index (χ0) is 37.2. The fraction of sp³-hybridized carbons (Fsp3) is 0.868. The van der Waals surface area contributed by atoms with Gasteiger partial charge in [0.25, 0.3) is 5.91 Å². The van der Waals surface area contributed by atoms with Gasteiger partial charge in [0.2, 0.25) is 17.6 Å². The second kappa shape index (κ2) is 15.7. The zero-order valence-corrected chi connectivity index (χ0v) is 32.4. The minimum absolute atomic E-state index is 0.0146. The van der Waals surface area contributed by atoms with Crippen LogP contribution in [0.15, 0.2) is 0 Å². The molecule has 5 atom stereocenters. The van der Waals surface area contributed by atoms with Crippen molar-refractivity contribution >= 4 is 39.4 Å². The summed E-state index contributed by atoms with van der Waals surface area (Å²) in [6, 6.07) is -3.26. The third-order valence-corrected chi connectivity index (χ3v) is 15.3. The summed E-state index contributed by atoms with van der Waals surface area (Å²) in [5.41, 5.74) is -1.10. The van der Waals surface area contributed by atoms with E-state index < -0.39 is 61.9 Å². The topological polar surface area (TPSA) is 171 Å². The van der Waals surface area contributed by atoms with Crippen molar-refractivity contribution in [2.24, 2.45) is 17.3 Å². The predicted octanol–water partition coefficient (Wildman–Crippen LogP) is 4.30. The van der Waals surface area contributed by atoms with Crippen molar-refractivity contribution in [1.82, 2.24) is 26.2 Å². The summed E-state index contributed by atoms with van der Waals surface area (Å²) < 4.78 is 25.8. The molecule has 12 nitrogen and oxygen atoms in total. The molecule has 2 heterocycles. The van der Waals surface area contributed by atoms with Gasteiger partial charge in [0.05, 0.1) is 22.1 Å². The number of rotatable bonds is 7. The Morgan fingerprint density at radius 2 is 1.39 bits per heavy atom. The van der Waals surface area contributed by atoms with Gasteiger partial charge in [0, 0.05) is 12.6 Å². The highest BCUT2D eigenvalue weighted by Gasteiger charge is 2.69. The highest BCUT2D eigenvalue weighted by atomic mass is 32.2. The Kier molecular flexibility index (Phi) is 12.2. The molecule has 2 saturated heterocycles. The first-order chi connectivity index (χ1) is 24.0. The molecule has 5 rings (SSSR count). The van der Waals surface area contributed by atoms with Gasteiger partial charge in [-0.3, -0.25) is 19.2 Å². The van der Waals surface area contributed by atoms with Crippen LogP contribution in [-0.2, 0) is 29.0 Å².